The highest BCUT2D eigenvalue weighted by molar-refractivity contribution is 6.11. The number of aromatic nitrogens is 2. The molecule has 2 aliphatic rings. The molecule has 0 spiro atoms. The van der Waals surface area contributed by atoms with E-state index in [9.17, 15) is 9.90 Å². The Morgan fingerprint density at radius 3 is 2.58 bits per heavy atom. The maximum absolute atomic E-state index is 12.6. The second kappa shape index (κ2) is 7.70. The summed E-state index contributed by atoms with van der Waals surface area (Å²) in [6, 6.07) is 5.75. The van der Waals surface area contributed by atoms with Gasteiger partial charge in [-0.15, -0.1) is 0 Å². The Morgan fingerprint density at radius 2 is 1.87 bits per heavy atom. The second-order valence-electron chi connectivity index (χ2n) is 7.73. The van der Waals surface area contributed by atoms with Crippen LogP contribution >= 0.6 is 0 Å². The summed E-state index contributed by atoms with van der Waals surface area (Å²) in [5, 5.41) is 11.4. The quantitative estimate of drug-likeness (QED) is 0.629. The molecule has 5 rings (SSSR count). The SMILES string of the molecule is COc1cc2cc3c(c(-c4cnc(N5CCC[C@H]5CO)nc4)c2cc1OC)C(=O)OC3. The number of carbonyl (C=O) groups excluding carboxylic acids is 1. The third kappa shape index (κ3) is 3.14. The van der Waals surface area contributed by atoms with Crippen LogP contribution in [0.2, 0.25) is 0 Å². The molecule has 0 bridgehead atoms. The van der Waals surface area contributed by atoms with Crippen LogP contribution in [0.4, 0.5) is 5.95 Å². The van der Waals surface area contributed by atoms with Gasteiger partial charge in [-0.3, -0.25) is 0 Å². The number of esters is 1. The first-order chi connectivity index (χ1) is 15.1. The fourth-order valence-electron chi connectivity index (χ4n) is 4.54. The standard InChI is InChI=1S/C23H23N3O5/c1-29-18-7-13-6-14-12-31-22(28)21(14)20(17(13)8-19(18)30-2)15-9-24-23(25-10-15)26-5-3-4-16(26)11-27/h6-10,16,27H,3-5,11-12H2,1-2H3/t16-/m0/s1. The summed E-state index contributed by atoms with van der Waals surface area (Å²) in [7, 11) is 3.17. The van der Waals surface area contributed by atoms with Crippen LogP contribution in [0.3, 0.4) is 0 Å². The minimum atomic E-state index is -0.356. The highest BCUT2D eigenvalue weighted by Crippen LogP contribution is 2.42. The summed E-state index contributed by atoms with van der Waals surface area (Å²) >= 11 is 0. The molecule has 160 valence electrons. The molecule has 1 aromatic heterocycles. The van der Waals surface area contributed by atoms with Crippen LogP contribution in [0, 0.1) is 0 Å². The number of ether oxygens (including phenoxy) is 3. The second-order valence-corrected chi connectivity index (χ2v) is 7.73. The van der Waals surface area contributed by atoms with E-state index in [0.29, 0.717) is 23.0 Å². The zero-order valence-electron chi connectivity index (χ0n) is 17.4. The number of hydrogen-bond acceptors (Lipinski definition) is 8. The minimum Gasteiger partial charge on any atom is -0.493 e. The van der Waals surface area contributed by atoms with E-state index in [1.165, 1.54) is 0 Å². The molecule has 3 aromatic rings. The molecule has 1 fully saturated rings. The Bertz CT molecular complexity index is 1160. The van der Waals surface area contributed by atoms with Crippen molar-refractivity contribution in [1.82, 2.24) is 9.97 Å². The predicted octanol–water partition coefficient (Wildman–Crippen LogP) is 2.95. The number of carbonyl (C=O) groups is 1. The number of anilines is 1. The Balaban J connectivity index is 1.68. The molecule has 0 aliphatic carbocycles. The van der Waals surface area contributed by atoms with Gasteiger partial charge in [0.05, 0.1) is 32.4 Å². The van der Waals surface area contributed by atoms with Crippen molar-refractivity contribution in [2.24, 2.45) is 0 Å². The summed E-state index contributed by atoms with van der Waals surface area (Å²) in [5.74, 6) is 1.41. The van der Waals surface area contributed by atoms with Crippen LogP contribution in [0.15, 0.2) is 30.6 Å². The fourth-order valence-corrected chi connectivity index (χ4v) is 4.54. The molecular formula is C23H23N3O5. The Morgan fingerprint density at radius 1 is 1.13 bits per heavy atom. The number of benzene rings is 2. The lowest BCUT2D eigenvalue weighted by Gasteiger charge is -2.23. The van der Waals surface area contributed by atoms with Crippen molar-refractivity contribution in [2.75, 3.05) is 32.3 Å². The third-order valence-corrected chi connectivity index (χ3v) is 6.06. The van der Waals surface area contributed by atoms with Crippen molar-refractivity contribution >= 4 is 22.7 Å². The van der Waals surface area contributed by atoms with Crippen LogP contribution in [-0.4, -0.2) is 54.5 Å². The van der Waals surface area contributed by atoms with Crippen molar-refractivity contribution in [2.45, 2.75) is 25.5 Å². The van der Waals surface area contributed by atoms with Crippen molar-refractivity contribution < 1.29 is 24.1 Å². The molecule has 8 nitrogen and oxygen atoms in total. The number of aliphatic hydroxyl groups is 1. The number of hydrogen-bond donors (Lipinski definition) is 1. The Labute approximate surface area is 179 Å². The van der Waals surface area contributed by atoms with Gasteiger partial charge in [0.25, 0.3) is 0 Å². The van der Waals surface area contributed by atoms with Gasteiger partial charge in [-0.1, -0.05) is 0 Å². The first kappa shape index (κ1) is 19.6. The molecule has 1 saturated heterocycles. The average molecular weight is 421 g/mol. The predicted molar refractivity (Wildman–Crippen MR) is 115 cm³/mol. The fraction of sp³-hybridized carbons (Fsp3) is 0.348. The first-order valence-electron chi connectivity index (χ1n) is 10.2. The summed E-state index contributed by atoms with van der Waals surface area (Å²) in [6.45, 7) is 1.13. The lowest BCUT2D eigenvalue weighted by Crippen LogP contribution is -2.33. The van der Waals surface area contributed by atoms with Gasteiger partial charge in [0.2, 0.25) is 5.95 Å². The lowest BCUT2D eigenvalue weighted by atomic mass is 9.91. The maximum atomic E-state index is 12.6. The molecule has 3 heterocycles. The molecule has 31 heavy (non-hydrogen) atoms. The van der Waals surface area contributed by atoms with E-state index in [1.54, 1.807) is 26.6 Å². The van der Waals surface area contributed by atoms with Gasteiger partial charge in [0, 0.05) is 35.6 Å². The molecule has 0 unspecified atom stereocenters. The maximum Gasteiger partial charge on any atom is 0.339 e. The van der Waals surface area contributed by atoms with Crippen molar-refractivity contribution in [3.8, 4) is 22.6 Å². The number of cyclic esters (lactones) is 1. The Kier molecular flexibility index (Phi) is 4.86. The van der Waals surface area contributed by atoms with Crippen LogP contribution in [0.1, 0.15) is 28.8 Å². The highest BCUT2D eigenvalue weighted by Gasteiger charge is 2.30. The number of rotatable bonds is 5. The van der Waals surface area contributed by atoms with E-state index in [2.05, 4.69) is 9.97 Å². The van der Waals surface area contributed by atoms with Crippen molar-refractivity contribution in [1.29, 1.82) is 0 Å². The monoisotopic (exact) mass is 421 g/mol. The number of nitrogens with zero attached hydrogens (tertiary/aromatic N) is 3. The average Bonchev–Trinajstić information content (AvgIpc) is 3.43. The smallest absolute Gasteiger partial charge is 0.339 e. The van der Waals surface area contributed by atoms with Gasteiger partial charge < -0.3 is 24.2 Å². The highest BCUT2D eigenvalue weighted by atomic mass is 16.5. The topological polar surface area (TPSA) is 94.0 Å². The van der Waals surface area contributed by atoms with Gasteiger partial charge in [0.1, 0.15) is 6.61 Å². The van der Waals surface area contributed by atoms with Gasteiger partial charge in [-0.05, 0) is 41.8 Å². The minimum absolute atomic E-state index is 0.0411. The summed E-state index contributed by atoms with van der Waals surface area (Å²) in [4.78, 5) is 23.7. The van der Waals surface area contributed by atoms with Crippen LogP contribution < -0.4 is 14.4 Å². The largest absolute Gasteiger partial charge is 0.493 e. The van der Waals surface area contributed by atoms with Crippen LogP contribution in [0.25, 0.3) is 21.9 Å². The molecule has 0 radical (unpaired) electrons. The van der Waals surface area contributed by atoms with Gasteiger partial charge in [-0.2, -0.15) is 0 Å². The van der Waals surface area contributed by atoms with Crippen molar-refractivity contribution in [3.05, 3.63) is 41.7 Å². The molecule has 2 aliphatic heterocycles. The van der Waals surface area contributed by atoms with Crippen molar-refractivity contribution in [3.63, 3.8) is 0 Å². The molecule has 2 aromatic carbocycles. The van der Waals surface area contributed by atoms with E-state index in [0.717, 1.165) is 46.8 Å². The molecule has 0 amide bonds. The lowest BCUT2D eigenvalue weighted by molar-refractivity contribution is 0.0535. The summed E-state index contributed by atoms with van der Waals surface area (Å²) < 4.78 is 16.3. The van der Waals surface area contributed by atoms with E-state index < -0.39 is 0 Å². The molecule has 1 atom stereocenters. The van der Waals surface area contributed by atoms with Gasteiger partial charge >= 0.3 is 5.97 Å². The number of fused-ring (bicyclic) bond motifs is 2. The molecule has 8 heteroatoms. The molecule has 0 saturated carbocycles. The van der Waals surface area contributed by atoms with Crippen LogP contribution in [-0.2, 0) is 11.3 Å². The van der Waals surface area contributed by atoms with Crippen LogP contribution in [0.5, 0.6) is 11.5 Å². The molecule has 1 N–H and O–H groups in total. The zero-order chi connectivity index (χ0) is 21.5. The molecular weight excluding hydrogens is 398 g/mol. The van der Waals surface area contributed by atoms with E-state index in [4.69, 9.17) is 14.2 Å². The normalized spacial score (nSPS) is 17.7. The summed E-state index contributed by atoms with van der Waals surface area (Å²) in [6.07, 6.45) is 5.38. The third-order valence-electron chi connectivity index (χ3n) is 6.06. The van der Waals surface area contributed by atoms with Gasteiger partial charge in [0.15, 0.2) is 11.5 Å². The van der Waals surface area contributed by atoms with Gasteiger partial charge in [-0.25, -0.2) is 14.8 Å². The number of aliphatic hydroxyl groups excluding tert-OH is 1. The van der Waals surface area contributed by atoms with E-state index in [1.807, 2.05) is 23.1 Å². The zero-order valence-corrected chi connectivity index (χ0v) is 17.4. The summed E-state index contributed by atoms with van der Waals surface area (Å²) in [5.41, 5.74) is 2.80. The first-order valence-corrected chi connectivity index (χ1v) is 10.2. The Hall–Kier alpha value is -3.39. The van der Waals surface area contributed by atoms with E-state index in [-0.39, 0.29) is 25.2 Å². The number of methoxy groups -OCH3 is 2. The van der Waals surface area contributed by atoms with E-state index >= 15 is 0 Å².